The Bertz CT molecular complexity index is 1540. The molecule has 1 amide bonds. The minimum atomic E-state index is -4.02. The van der Waals surface area contributed by atoms with Gasteiger partial charge in [0.05, 0.1) is 22.4 Å². The standard InChI is InChI=1S/C28H22BrN3O5S/c29-23-10-7-11-24(18-23)32(38(35,36)26-12-5-2-6-13-26)20-27(33)31-30-19-21-14-16-25(17-15-21)37-28(34)22-8-3-1-4-9-22/h1-19H,20H2,(H,31,33)/b30-19-. The lowest BCUT2D eigenvalue weighted by molar-refractivity contribution is -0.119. The van der Waals surface area contributed by atoms with Gasteiger partial charge in [0.2, 0.25) is 0 Å². The Hall–Kier alpha value is -4.28. The number of hydrazone groups is 1. The van der Waals surface area contributed by atoms with E-state index >= 15 is 0 Å². The second-order valence-corrected chi connectivity index (χ2v) is 10.7. The predicted molar refractivity (Wildman–Crippen MR) is 149 cm³/mol. The number of benzene rings is 4. The third kappa shape index (κ3) is 6.93. The van der Waals surface area contributed by atoms with Gasteiger partial charge in [-0.1, -0.05) is 58.4 Å². The van der Waals surface area contributed by atoms with Gasteiger partial charge in [0, 0.05) is 4.47 Å². The fraction of sp³-hybridized carbons (Fsp3) is 0.0357. The van der Waals surface area contributed by atoms with Crippen LogP contribution in [0.25, 0.3) is 0 Å². The van der Waals surface area contributed by atoms with Crippen molar-refractivity contribution in [3.63, 3.8) is 0 Å². The third-order valence-corrected chi connectivity index (χ3v) is 7.50. The highest BCUT2D eigenvalue weighted by atomic mass is 79.9. The number of anilines is 1. The maximum absolute atomic E-state index is 13.3. The van der Waals surface area contributed by atoms with Crippen LogP contribution in [0.4, 0.5) is 5.69 Å². The van der Waals surface area contributed by atoms with Crippen molar-refractivity contribution in [3.05, 3.63) is 125 Å². The van der Waals surface area contributed by atoms with Crippen LogP contribution in [-0.4, -0.2) is 33.1 Å². The average molecular weight is 592 g/mol. The van der Waals surface area contributed by atoms with Crippen molar-refractivity contribution in [1.82, 2.24) is 5.43 Å². The molecule has 4 aromatic carbocycles. The Balaban J connectivity index is 1.41. The molecular weight excluding hydrogens is 570 g/mol. The quantitative estimate of drug-likeness (QED) is 0.127. The van der Waals surface area contributed by atoms with Crippen LogP contribution in [-0.2, 0) is 14.8 Å². The molecule has 0 radical (unpaired) electrons. The summed E-state index contributed by atoms with van der Waals surface area (Å²) in [4.78, 5) is 24.9. The van der Waals surface area contributed by atoms with Crippen LogP contribution in [0.2, 0.25) is 0 Å². The van der Waals surface area contributed by atoms with Crippen LogP contribution in [0.5, 0.6) is 5.75 Å². The van der Waals surface area contributed by atoms with E-state index in [2.05, 4.69) is 26.5 Å². The second kappa shape index (κ2) is 12.3. The first-order valence-electron chi connectivity index (χ1n) is 11.4. The van der Waals surface area contributed by atoms with Gasteiger partial charge in [-0.2, -0.15) is 5.10 Å². The predicted octanol–water partition coefficient (Wildman–Crippen LogP) is 5.01. The normalized spacial score (nSPS) is 11.2. The number of hydrogen-bond acceptors (Lipinski definition) is 6. The lowest BCUT2D eigenvalue weighted by atomic mass is 10.2. The Morgan fingerprint density at radius 2 is 1.53 bits per heavy atom. The van der Waals surface area contributed by atoms with Crippen molar-refractivity contribution in [2.45, 2.75) is 4.90 Å². The lowest BCUT2D eigenvalue weighted by Gasteiger charge is -2.23. The van der Waals surface area contributed by atoms with Crippen LogP contribution < -0.4 is 14.5 Å². The number of ether oxygens (including phenoxy) is 1. The monoisotopic (exact) mass is 591 g/mol. The van der Waals surface area contributed by atoms with Crippen LogP contribution in [0, 0.1) is 0 Å². The highest BCUT2D eigenvalue weighted by Gasteiger charge is 2.27. The van der Waals surface area contributed by atoms with Gasteiger partial charge in [0.1, 0.15) is 12.3 Å². The molecule has 0 heterocycles. The summed E-state index contributed by atoms with van der Waals surface area (Å²) in [5.74, 6) is -0.746. The van der Waals surface area contributed by atoms with Crippen LogP contribution >= 0.6 is 15.9 Å². The van der Waals surface area contributed by atoms with Crippen LogP contribution in [0.3, 0.4) is 0 Å². The molecule has 8 nitrogen and oxygen atoms in total. The smallest absolute Gasteiger partial charge is 0.343 e. The van der Waals surface area contributed by atoms with Crippen LogP contribution in [0.15, 0.2) is 124 Å². The number of nitrogens with one attached hydrogen (secondary N) is 1. The average Bonchev–Trinajstić information content (AvgIpc) is 2.93. The molecule has 0 aliphatic carbocycles. The van der Waals surface area contributed by atoms with Gasteiger partial charge in [0.25, 0.3) is 15.9 Å². The van der Waals surface area contributed by atoms with Gasteiger partial charge >= 0.3 is 5.97 Å². The summed E-state index contributed by atoms with van der Waals surface area (Å²) in [6.07, 6.45) is 1.40. The summed E-state index contributed by atoms with van der Waals surface area (Å²) < 4.78 is 33.7. The highest BCUT2D eigenvalue weighted by Crippen LogP contribution is 2.26. The minimum absolute atomic E-state index is 0.0596. The first-order valence-corrected chi connectivity index (χ1v) is 13.6. The number of carbonyl (C=O) groups is 2. The molecule has 1 N–H and O–H groups in total. The third-order valence-electron chi connectivity index (χ3n) is 5.22. The number of rotatable bonds is 9. The summed E-state index contributed by atoms with van der Waals surface area (Å²) in [6.45, 7) is -0.487. The summed E-state index contributed by atoms with van der Waals surface area (Å²) in [5, 5.41) is 3.94. The number of hydrogen-bond donors (Lipinski definition) is 1. The van der Waals surface area contributed by atoms with E-state index in [-0.39, 0.29) is 4.90 Å². The molecule has 0 spiro atoms. The Kier molecular flexibility index (Phi) is 8.67. The molecule has 0 aromatic heterocycles. The molecule has 0 aliphatic rings. The van der Waals surface area contributed by atoms with Crippen molar-refractivity contribution in [1.29, 1.82) is 0 Å². The molecule has 4 rings (SSSR count). The number of sulfonamides is 1. The molecule has 0 fully saturated rings. The molecule has 0 aliphatic heterocycles. The maximum Gasteiger partial charge on any atom is 0.343 e. The minimum Gasteiger partial charge on any atom is -0.423 e. The van der Waals surface area contributed by atoms with Crippen molar-refractivity contribution in [2.75, 3.05) is 10.8 Å². The van der Waals surface area contributed by atoms with Gasteiger partial charge in [-0.05, 0) is 72.3 Å². The van der Waals surface area contributed by atoms with E-state index in [0.29, 0.717) is 27.0 Å². The van der Waals surface area contributed by atoms with E-state index in [9.17, 15) is 18.0 Å². The largest absolute Gasteiger partial charge is 0.423 e. The number of amides is 1. The summed E-state index contributed by atoms with van der Waals surface area (Å²) in [6, 6.07) is 29.7. The van der Waals surface area contributed by atoms with E-state index in [1.807, 2.05) is 6.07 Å². The van der Waals surface area contributed by atoms with Crippen molar-refractivity contribution in [2.24, 2.45) is 5.10 Å². The molecule has 4 aromatic rings. The number of nitrogens with zero attached hydrogens (tertiary/aromatic N) is 2. The SMILES string of the molecule is O=C(CN(c1cccc(Br)c1)S(=O)(=O)c1ccccc1)N/N=C\c1ccc(OC(=O)c2ccccc2)cc1. The zero-order chi connectivity index (χ0) is 27.0. The van der Waals surface area contributed by atoms with Gasteiger partial charge in [0.15, 0.2) is 0 Å². The highest BCUT2D eigenvalue weighted by molar-refractivity contribution is 9.10. The van der Waals surface area contributed by atoms with Crippen molar-refractivity contribution < 1.29 is 22.7 Å². The van der Waals surface area contributed by atoms with E-state index in [0.717, 1.165) is 4.31 Å². The fourth-order valence-corrected chi connectivity index (χ4v) is 5.19. The Morgan fingerprint density at radius 3 is 2.18 bits per heavy atom. The Labute approximate surface area is 228 Å². The molecule has 0 saturated heterocycles. The molecule has 0 saturated carbocycles. The summed E-state index contributed by atoms with van der Waals surface area (Å²) in [7, 11) is -4.02. The molecule has 0 unspecified atom stereocenters. The van der Waals surface area contributed by atoms with Gasteiger partial charge in [-0.25, -0.2) is 18.6 Å². The van der Waals surface area contributed by atoms with Crippen LogP contribution in [0.1, 0.15) is 15.9 Å². The van der Waals surface area contributed by atoms with E-state index in [1.165, 1.54) is 18.3 Å². The van der Waals surface area contributed by atoms with Gasteiger partial charge < -0.3 is 4.74 Å². The number of halogens is 1. The number of esters is 1. The molecule has 38 heavy (non-hydrogen) atoms. The maximum atomic E-state index is 13.3. The molecule has 0 atom stereocenters. The zero-order valence-corrected chi connectivity index (χ0v) is 22.3. The summed E-state index contributed by atoms with van der Waals surface area (Å²) >= 11 is 3.34. The zero-order valence-electron chi connectivity index (χ0n) is 19.9. The van der Waals surface area contributed by atoms with Crippen molar-refractivity contribution >= 4 is 49.7 Å². The molecule has 192 valence electrons. The Morgan fingerprint density at radius 1 is 0.868 bits per heavy atom. The molecular formula is C28H22BrN3O5S. The molecule has 0 bridgehead atoms. The topological polar surface area (TPSA) is 105 Å². The van der Waals surface area contributed by atoms with E-state index in [4.69, 9.17) is 4.74 Å². The fourth-order valence-electron chi connectivity index (χ4n) is 3.37. The lowest BCUT2D eigenvalue weighted by Crippen LogP contribution is -2.39. The van der Waals surface area contributed by atoms with Gasteiger partial charge in [-0.3, -0.25) is 9.10 Å². The summed E-state index contributed by atoms with van der Waals surface area (Å²) in [5.41, 5.74) is 3.75. The van der Waals surface area contributed by atoms with Crippen molar-refractivity contribution in [3.8, 4) is 5.75 Å². The van der Waals surface area contributed by atoms with E-state index < -0.39 is 28.4 Å². The number of carbonyl (C=O) groups excluding carboxylic acids is 2. The first-order chi connectivity index (χ1) is 18.3. The first kappa shape index (κ1) is 26.8. The van der Waals surface area contributed by atoms with E-state index in [1.54, 1.807) is 91.0 Å². The molecule has 10 heteroatoms. The van der Waals surface area contributed by atoms with Gasteiger partial charge in [-0.15, -0.1) is 0 Å². The second-order valence-electron chi connectivity index (χ2n) is 7.92.